The second-order valence-corrected chi connectivity index (χ2v) is 6.46. The van der Waals surface area contributed by atoms with Crippen LogP contribution in [0.15, 0.2) is 62.6 Å². The van der Waals surface area contributed by atoms with E-state index in [1.807, 2.05) is 0 Å². The Bertz CT molecular complexity index is 1070. The number of aromatic hydroxyl groups is 1. The van der Waals surface area contributed by atoms with Gasteiger partial charge in [-0.1, -0.05) is 27.5 Å². The Morgan fingerprint density at radius 3 is 2.24 bits per heavy atom. The molecule has 0 atom stereocenters. The molecular formula is C17H10BrClN2O4. The molecule has 1 aromatic heterocycles. The van der Waals surface area contributed by atoms with E-state index in [1.54, 1.807) is 24.3 Å². The maximum Gasteiger partial charge on any atom is 0.335 e. The van der Waals surface area contributed by atoms with E-state index >= 15 is 0 Å². The van der Waals surface area contributed by atoms with Gasteiger partial charge in [0.25, 0.3) is 5.56 Å². The van der Waals surface area contributed by atoms with Crippen molar-refractivity contribution in [2.24, 2.45) is 0 Å². The number of halogens is 2. The van der Waals surface area contributed by atoms with Gasteiger partial charge >= 0.3 is 5.69 Å². The van der Waals surface area contributed by atoms with Gasteiger partial charge in [-0.25, -0.2) is 9.36 Å². The number of benzene rings is 2. The van der Waals surface area contributed by atoms with Gasteiger partial charge in [0.1, 0.15) is 5.56 Å². The van der Waals surface area contributed by atoms with E-state index in [-0.39, 0.29) is 5.56 Å². The molecule has 0 unspecified atom stereocenters. The molecular weight excluding hydrogens is 412 g/mol. The van der Waals surface area contributed by atoms with Gasteiger partial charge in [-0.3, -0.25) is 14.6 Å². The summed E-state index contributed by atoms with van der Waals surface area (Å²) in [4.78, 5) is 38.9. The first-order valence-corrected chi connectivity index (χ1v) is 8.20. The highest BCUT2D eigenvalue weighted by Crippen LogP contribution is 2.21. The summed E-state index contributed by atoms with van der Waals surface area (Å²) >= 11 is 9.05. The number of carbonyl (C=O) groups excluding carboxylic acids is 1. The molecule has 3 rings (SSSR count). The summed E-state index contributed by atoms with van der Waals surface area (Å²) in [5.74, 6) is -1.45. The number of nitrogens with zero attached hydrogens (tertiary/aromatic N) is 1. The summed E-state index contributed by atoms with van der Waals surface area (Å²) in [6.07, 6.45) is 0. The zero-order valence-corrected chi connectivity index (χ0v) is 14.8. The third-order valence-corrected chi connectivity index (χ3v) is 4.28. The van der Waals surface area contributed by atoms with E-state index < -0.39 is 28.5 Å². The standard InChI is InChI=1S/C17H10BrClN2O4/c18-10-3-7-12(8-4-10)21-16(24)13(15(23)20-17(21)25)14(22)9-1-5-11(19)6-2-9/h1-8,24H,(H,20,23,25). The lowest BCUT2D eigenvalue weighted by Gasteiger charge is -2.11. The second-order valence-electron chi connectivity index (χ2n) is 5.11. The van der Waals surface area contributed by atoms with Crippen LogP contribution in [0, 0.1) is 0 Å². The van der Waals surface area contributed by atoms with Crippen LogP contribution in [-0.2, 0) is 0 Å². The van der Waals surface area contributed by atoms with Gasteiger partial charge in [0.15, 0.2) is 0 Å². The molecule has 2 N–H and O–H groups in total. The molecule has 0 saturated heterocycles. The lowest BCUT2D eigenvalue weighted by Crippen LogP contribution is -2.33. The monoisotopic (exact) mass is 420 g/mol. The molecule has 0 aliphatic rings. The van der Waals surface area contributed by atoms with Crippen LogP contribution in [-0.4, -0.2) is 20.4 Å². The summed E-state index contributed by atoms with van der Waals surface area (Å²) in [6.45, 7) is 0. The van der Waals surface area contributed by atoms with Crippen molar-refractivity contribution in [2.45, 2.75) is 0 Å². The molecule has 0 amide bonds. The van der Waals surface area contributed by atoms with Gasteiger partial charge < -0.3 is 5.11 Å². The highest BCUT2D eigenvalue weighted by Gasteiger charge is 2.23. The molecule has 0 aliphatic heterocycles. The fourth-order valence-corrected chi connectivity index (χ4v) is 2.70. The number of ketones is 1. The predicted molar refractivity (Wildman–Crippen MR) is 96.9 cm³/mol. The SMILES string of the molecule is O=C(c1ccc(Cl)cc1)c1c(O)n(-c2ccc(Br)cc2)c(=O)[nH]c1=O. The normalized spacial score (nSPS) is 10.6. The Labute approximate surface area is 154 Å². The zero-order valence-electron chi connectivity index (χ0n) is 12.5. The largest absolute Gasteiger partial charge is 0.493 e. The second kappa shape index (κ2) is 6.70. The van der Waals surface area contributed by atoms with Crippen LogP contribution in [0.25, 0.3) is 5.69 Å². The smallest absolute Gasteiger partial charge is 0.335 e. The number of carbonyl (C=O) groups is 1. The average Bonchev–Trinajstić information content (AvgIpc) is 2.56. The quantitative estimate of drug-likeness (QED) is 0.636. The first kappa shape index (κ1) is 17.2. The first-order chi connectivity index (χ1) is 11.9. The van der Waals surface area contributed by atoms with Crippen molar-refractivity contribution < 1.29 is 9.90 Å². The van der Waals surface area contributed by atoms with Gasteiger partial charge in [-0.05, 0) is 48.5 Å². The van der Waals surface area contributed by atoms with E-state index in [2.05, 4.69) is 20.9 Å². The van der Waals surface area contributed by atoms with Crippen LogP contribution in [0.3, 0.4) is 0 Å². The highest BCUT2D eigenvalue weighted by atomic mass is 79.9. The van der Waals surface area contributed by atoms with E-state index in [9.17, 15) is 19.5 Å². The molecule has 0 radical (unpaired) electrons. The van der Waals surface area contributed by atoms with E-state index in [0.29, 0.717) is 10.7 Å². The Morgan fingerprint density at radius 2 is 1.64 bits per heavy atom. The van der Waals surface area contributed by atoms with Gasteiger partial charge in [0, 0.05) is 15.1 Å². The number of hydrogen-bond acceptors (Lipinski definition) is 4. The molecule has 1 heterocycles. The molecule has 0 saturated carbocycles. The molecule has 126 valence electrons. The van der Waals surface area contributed by atoms with Crippen molar-refractivity contribution >= 4 is 33.3 Å². The number of hydrogen-bond donors (Lipinski definition) is 2. The molecule has 2 aromatic carbocycles. The number of nitrogens with one attached hydrogen (secondary N) is 1. The van der Waals surface area contributed by atoms with Gasteiger partial charge in [-0.2, -0.15) is 0 Å². The van der Waals surface area contributed by atoms with E-state index in [0.717, 1.165) is 9.04 Å². The number of aromatic amines is 1. The summed E-state index contributed by atoms with van der Waals surface area (Å²) < 4.78 is 1.63. The fraction of sp³-hybridized carbons (Fsp3) is 0. The van der Waals surface area contributed by atoms with E-state index in [4.69, 9.17) is 11.6 Å². The minimum atomic E-state index is -0.962. The van der Waals surface area contributed by atoms with Crippen LogP contribution < -0.4 is 11.2 Å². The van der Waals surface area contributed by atoms with Crippen LogP contribution in [0.2, 0.25) is 5.02 Å². The third-order valence-electron chi connectivity index (χ3n) is 3.50. The predicted octanol–water partition coefficient (Wildman–Crippen LogP) is 2.88. The summed E-state index contributed by atoms with van der Waals surface area (Å²) in [6, 6.07) is 12.3. The minimum absolute atomic E-state index is 0.159. The van der Waals surface area contributed by atoms with Crippen LogP contribution >= 0.6 is 27.5 Å². The minimum Gasteiger partial charge on any atom is -0.493 e. The van der Waals surface area contributed by atoms with Crippen LogP contribution in [0.1, 0.15) is 15.9 Å². The lowest BCUT2D eigenvalue weighted by molar-refractivity contribution is 0.103. The van der Waals surface area contributed by atoms with Crippen molar-refractivity contribution in [3.63, 3.8) is 0 Å². The molecule has 0 spiro atoms. The van der Waals surface area contributed by atoms with Crippen LogP contribution in [0.4, 0.5) is 0 Å². The van der Waals surface area contributed by atoms with Gasteiger partial charge in [0.05, 0.1) is 5.69 Å². The van der Waals surface area contributed by atoms with Crippen molar-refractivity contribution in [3.05, 3.63) is 90.0 Å². The molecule has 8 heteroatoms. The van der Waals surface area contributed by atoms with Crippen molar-refractivity contribution in [2.75, 3.05) is 0 Å². The molecule has 6 nitrogen and oxygen atoms in total. The molecule has 3 aromatic rings. The lowest BCUT2D eigenvalue weighted by atomic mass is 10.1. The zero-order chi connectivity index (χ0) is 18.1. The maximum absolute atomic E-state index is 12.6. The van der Waals surface area contributed by atoms with Gasteiger partial charge in [0.2, 0.25) is 11.7 Å². The molecule has 25 heavy (non-hydrogen) atoms. The Morgan fingerprint density at radius 1 is 1.04 bits per heavy atom. The topological polar surface area (TPSA) is 92.2 Å². The first-order valence-electron chi connectivity index (χ1n) is 7.03. The van der Waals surface area contributed by atoms with Crippen molar-refractivity contribution in [3.8, 4) is 11.6 Å². The fourth-order valence-electron chi connectivity index (χ4n) is 2.31. The number of rotatable bonds is 3. The van der Waals surface area contributed by atoms with Gasteiger partial charge in [-0.15, -0.1) is 0 Å². The van der Waals surface area contributed by atoms with E-state index in [1.165, 1.54) is 24.3 Å². The Hall–Kier alpha value is -2.64. The summed E-state index contributed by atoms with van der Waals surface area (Å²) in [7, 11) is 0. The molecule has 0 bridgehead atoms. The summed E-state index contributed by atoms with van der Waals surface area (Å²) in [5, 5.41) is 10.9. The van der Waals surface area contributed by atoms with Crippen LogP contribution in [0.5, 0.6) is 5.88 Å². The molecule has 0 aliphatic carbocycles. The third kappa shape index (κ3) is 3.29. The Kier molecular flexibility index (Phi) is 4.61. The Balaban J connectivity index is 2.21. The van der Waals surface area contributed by atoms with Crippen molar-refractivity contribution in [1.29, 1.82) is 0 Å². The maximum atomic E-state index is 12.6. The van der Waals surface area contributed by atoms with Crippen molar-refractivity contribution in [1.82, 2.24) is 9.55 Å². The average molecular weight is 422 g/mol. The number of H-pyrrole nitrogens is 1. The molecule has 0 fully saturated rings. The summed E-state index contributed by atoms with van der Waals surface area (Å²) in [5.41, 5.74) is -1.88. The highest BCUT2D eigenvalue weighted by molar-refractivity contribution is 9.10. The number of aromatic nitrogens is 2.